The zero-order valence-corrected chi connectivity index (χ0v) is 7.40. The van der Waals surface area contributed by atoms with Crippen LogP contribution in [0.2, 0.25) is 0 Å². The largest absolute Gasteiger partial charge is 0.369 e. The molecule has 1 amide bonds. The lowest BCUT2D eigenvalue weighted by molar-refractivity contribution is -0.121. The van der Waals surface area contributed by atoms with Crippen molar-refractivity contribution in [1.29, 1.82) is 0 Å². The molecule has 1 aliphatic heterocycles. The maximum absolute atomic E-state index is 11.2. The van der Waals surface area contributed by atoms with Gasteiger partial charge in [-0.05, 0) is 6.07 Å². The molecule has 0 saturated carbocycles. The fraction of sp³-hybridized carbons (Fsp3) is 0.111. The van der Waals surface area contributed by atoms with Gasteiger partial charge in [0.05, 0.1) is 11.9 Å². The van der Waals surface area contributed by atoms with E-state index in [1.807, 2.05) is 12.1 Å². The van der Waals surface area contributed by atoms with Gasteiger partial charge in [0.1, 0.15) is 6.04 Å². The van der Waals surface area contributed by atoms with Crippen molar-refractivity contribution in [2.24, 2.45) is 5.84 Å². The number of anilines is 1. The summed E-state index contributed by atoms with van der Waals surface area (Å²) in [4.78, 5) is 15.2. The molecule has 5 nitrogen and oxygen atoms in total. The van der Waals surface area contributed by atoms with Gasteiger partial charge in [-0.2, -0.15) is 0 Å². The molecule has 2 heterocycles. The number of hydrogen-bond donors (Lipinski definition) is 3. The molecule has 1 aliphatic rings. The van der Waals surface area contributed by atoms with Crippen LogP contribution in [-0.4, -0.2) is 16.9 Å². The van der Waals surface area contributed by atoms with Gasteiger partial charge < -0.3 is 5.32 Å². The molecule has 1 unspecified atom stereocenters. The van der Waals surface area contributed by atoms with Crippen molar-refractivity contribution in [2.45, 2.75) is 6.04 Å². The molecule has 72 valence electrons. The minimum absolute atomic E-state index is 0.268. The maximum Gasteiger partial charge on any atom is 0.260 e. The number of nitrogens with one attached hydrogen (secondary N) is 2. The topological polar surface area (TPSA) is 80.0 Å². The molecule has 14 heavy (non-hydrogen) atoms. The molecule has 1 aromatic rings. The number of aromatic nitrogens is 1. The fourth-order valence-corrected chi connectivity index (χ4v) is 1.33. The molecular weight excluding hydrogens is 180 g/mol. The van der Waals surface area contributed by atoms with Crippen LogP contribution in [0.25, 0.3) is 6.08 Å². The van der Waals surface area contributed by atoms with E-state index in [-0.39, 0.29) is 5.91 Å². The van der Waals surface area contributed by atoms with Crippen molar-refractivity contribution in [2.75, 3.05) is 5.32 Å². The van der Waals surface area contributed by atoms with Gasteiger partial charge in [-0.25, -0.2) is 5.84 Å². The Kier molecular flexibility index (Phi) is 2.16. The Morgan fingerprint density at radius 1 is 1.64 bits per heavy atom. The molecule has 2 rings (SSSR count). The highest BCUT2D eigenvalue weighted by Gasteiger charge is 2.18. The Labute approximate surface area is 81.0 Å². The van der Waals surface area contributed by atoms with Crippen LogP contribution >= 0.6 is 0 Å². The number of nitrogens with two attached hydrogens (primary N) is 1. The van der Waals surface area contributed by atoms with Crippen LogP contribution in [0.5, 0.6) is 0 Å². The zero-order valence-electron chi connectivity index (χ0n) is 7.40. The summed E-state index contributed by atoms with van der Waals surface area (Å²) in [5.41, 5.74) is 3.94. The number of hydrazine groups is 1. The number of fused-ring (bicyclic) bond motifs is 1. The minimum Gasteiger partial charge on any atom is -0.369 e. The molecule has 0 saturated heterocycles. The molecule has 0 fully saturated rings. The Bertz CT molecular complexity index is 388. The second-order valence-electron chi connectivity index (χ2n) is 2.95. The second-order valence-corrected chi connectivity index (χ2v) is 2.95. The van der Waals surface area contributed by atoms with Gasteiger partial charge >= 0.3 is 0 Å². The van der Waals surface area contributed by atoms with Crippen LogP contribution in [0.15, 0.2) is 24.5 Å². The average molecular weight is 190 g/mol. The second kappa shape index (κ2) is 3.47. The third-order valence-electron chi connectivity index (χ3n) is 2.06. The summed E-state index contributed by atoms with van der Waals surface area (Å²) in [6.07, 6.45) is 7.00. The van der Waals surface area contributed by atoms with E-state index in [0.29, 0.717) is 0 Å². The first-order chi connectivity index (χ1) is 6.81. The predicted molar refractivity (Wildman–Crippen MR) is 53.0 cm³/mol. The molecule has 5 heteroatoms. The quantitative estimate of drug-likeness (QED) is 0.327. The van der Waals surface area contributed by atoms with E-state index < -0.39 is 6.04 Å². The van der Waals surface area contributed by atoms with Crippen molar-refractivity contribution in [1.82, 2.24) is 10.4 Å². The van der Waals surface area contributed by atoms with Gasteiger partial charge in [-0.3, -0.25) is 15.2 Å². The number of rotatable bonds is 1. The van der Waals surface area contributed by atoms with Crippen molar-refractivity contribution >= 4 is 17.7 Å². The number of carbonyl (C=O) groups excluding carboxylic acids is 1. The molecule has 0 spiro atoms. The van der Waals surface area contributed by atoms with Crippen LogP contribution in [0.1, 0.15) is 5.56 Å². The van der Waals surface area contributed by atoms with Gasteiger partial charge in [0, 0.05) is 11.8 Å². The van der Waals surface area contributed by atoms with Crippen LogP contribution in [0.4, 0.5) is 5.69 Å². The third kappa shape index (κ3) is 1.45. The highest BCUT2D eigenvalue weighted by atomic mass is 16.2. The van der Waals surface area contributed by atoms with Gasteiger partial charge in [-0.1, -0.05) is 12.2 Å². The van der Waals surface area contributed by atoms with E-state index in [2.05, 4.69) is 15.7 Å². The SMILES string of the molecule is NNC(=O)C1C=Cc2ccncc2N1. The number of nitrogens with zero attached hydrogens (tertiary/aromatic N) is 1. The average Bonchev–Trinajstić information content (AvgIpc) is 2.27. The predicted octanol–water partition coefficient (Wildman–Crippen LogP) is -0.121. The smallest absolute Gasteiger partial charge is 0.260 e. The molecule has 0 radical (unpaired) electrons. The summed E-state index contributed by atoms with van der Waals surface area (Å²) in [5.74, 6) is 4.77. The highest BCUT2D eigenvalue weighted by Crippen LogP contribution is 2.20. The summed E-state index contributed by atoms with van der Waals surface area (Å²) < 4.78 is 0. The first-order valence-electron chi connectivity index (χ1n) is 4.20. The molecule has 1 atom stereocenters. The van der Waals surface area contributed by atoms with Crippen molar-refractivity contribution in [3.05, 3.63) is 30.1 Å². The molecule has 0 bridgehead atoms. The summed E-state index contributed by atoms with van der Waals surface area (Å²) >= 11 is 0. The van der Waals surface area contributed by atoms with Crippen LogP contribution < -0.4 is 16.6 Å². The summed E-state index contributed by atoms with van der Waals surface area (Å²) in [6.45, 7) is 0. The van der Waals surface area contributed by atoms with E-state index in [1.165, 1.54) is 0 Å². The Hall–Kier alpha value is -1.88. The van der Waals surface area contributed by atoms with E-state index in [1.54, 1.807) is 18.5 Å². The lowest BCUT2D eigenvalue weighted by Gasteiger charge is -2.19. The van der Waals surface area contributed by atoms with Crippen LogP contribution in [0, 0.1) is 0 Å². The molecule has 0 aromatic carbocycles. The molecule has 1 aromatic heterocycles. The third-order valence-corrected chi connectivity index (χ3v) is 2.06. The first-order valence-corrected chi connectivity index (χ1v) is 4.20. The van der Waals surface area contributed by atoms with E-state index >= 15 is 0 Å². The summed E-state index contributed by atoms with van der Waals surface area (Å²) in [6, 6.07) is 1.45. The first kappa shape index (κ1) is 8.71. The molecular formula is C9H10N4O. The minimum atomic E-state index is -0.420. The lowest BCUT2D eigenvalue weighted by Crippen LogP contribution is -2.42. The van der Waals surface area contributed by atoms with Gasteiger partial charge in [0.25, 0.3) is 5.91 Å². The highest BCUT2D eigenvalue weighted by molar-refractivity contribution is 5.90. The van der Waals surface area contributed by atoms with Gasteiger partial charge in [-0.15, -0.1) is 0 Å². The van der Waals surface area contributed by atoms with Crippen molar-refractivity contribution in [3.63, 3.8) is 0 Å². The molecule has 4 N–H and O–H groups in total. The summed E-state index contributed by atoms with van der Waals surface area (Å²) in [7, 11) is 0. The van der Waals surface area contributed by atoms with Gasteiger partial charge in [0.2, 0.25) is 0 Å². The normalized spacial score (nSPS) is 18.2. The Balaban J connectivity index is 2.25. The summed E-state index contributed by atoms with van der Waals surface area (Å²) in [5, 5.41) is 3.01. The van der Waals surface area contributed by atoms with E-state index in [4.69, 9.17) is 5.84 Å². The number of carbonyl (C=O) groups is 1. The number of amides is 1. The van der Waals surface area contributed by atoms with Crippen LogP contribution in [0.3, 0.4) is 0 Å². The number of hydrogen-bond acceptors (Lipinski definition) is 4. The van der Waals surface area contributed by atoms with Crippen molar-refractivity contribution in [3.8, 4) is 0 Å². The monoisotopic (exact) mass is 190 g/mol. The van der Waals surface area contributed by atoms with Crippen LogP contribution in [-0.2, 0) is 4.79 Å². The standard InChI is InChI=1S/C9H10N4O/c10-13-9(14)7-2-1-6-3-4-11-5-8(6)12-7/h1-5,7,12H,10H2,(H,13,14). The lowest BCUT2D eigenvalue weighted by atomic mass is 10.1. The van der Waals surface area contributed by atoms with E-state index in [0.717, 1.165) is 11.3 Å². The molecule has 0 aliphatic carbocycles. The van der Waals surface area contributed by atoms with Crippen molar-refractivity contribution < 1.29 is 4.79 Å². The maximum atomic E-state index is 11.2. The Morgan fingerprint density at radius 3 is 3.29 bits per heavy atom. The zero-order chi connectivity index (χ0) is 9.97. The number of pyridine rings is 1. The fourth-order valence-electron chi connectivity index (χ4n) is 1.33. The Morgan fingerprint density at radius 2 is 2.50 bits per heavy atom. The van der Waals surface area contributed by atoms with Gasteiger partial charge in [0.15, 0.2) is 0 Å². The van der Waals surface area contributed by atoms with E-state index in [9.17, 15) is 4.79 Å².